The summed E-state index contributed by atoms with van der Waals surface area (Å²) < 4.78 is 50.1. The van der Waals surface area contributed by atoms with E-state index < -0.39 is 42.6 Å². The molecule has 0 radical (unpaired) electrons. The van der Waals surface area contributed by atoms with E-state index in [0.717, 1.165) is 0 Å². The average molecular weight is 389 g/mol. The third-order valence-electron chi connectivity index (χ3n) is 3.01. The summed E-state index contributed by atoms with van der Waals surface area (Å²) in [7, 11) is 0.630. The van der Waals surface area contributed by atoms with Crippen molar-refractivity contribution >= 4 is 41.6 Å². The molecular weight excluding hydrogens is 380 g/mol. The van der Waals surface area contributed by atoms with Gasteiger partial charge in [-0.3, -0.25) is 4.79 Å². The van der Waals surface area contributed by atoms with Gasteiger partial charge in [0.25, 0.3) is 15.0 Å². The molecule has 0 aromatic heterocycles. The number of nitrogens with one attached hydrogen (secondary N) is 1. The quantitative estimate of drug-likeness (QED) is 0.810. The maximum atomic E-state index is 14.1. The first-order chi connectivity index (χ1) is 9.05. The van der Waals surface area contributed by atoms with Gasteiger partial charge in [0.2, 0.25) is 0 Å². The second kappa shape index (κ2) is 4.92. The van der Waals surface area contributed by atoms with Crippen LogP contribution in [0, 0.1) is 11.6 Å². The van der Waals surface area contributed by atoms with E-state index in [-0.39, 0.29) is 4.47 Å². The third kappa shape index (κ3) is 2.96. The summed E-state index contributed by atoms with van der Waals surface area (Å²) in [5, 5.41) is 2.45. The number of halogens is 4. The molecule has 1 amide bonds. The molecule has 1 N–H and O–H groups in total. The van der Waals surface area contributed by atoms with Crippen molar-refractivity contribution in [3.8, 4) is 0 Å². The smallest absolute Gasteiger partial charge is 0.265 e. The highest BCUT2D eigenvalue weighted by Crippen LogP contribution is 2.36. The van der Waals surface area contributed by atoms with Crippen LogP contribution in [-0.4, -0.2) is 19.9 Å². The first kappa shape index (κ1) is 15.7. The van der Waals surface area contributed by atoms with Gasteiger partial charge in [0, 0.05) is 20.7 Å². The van der Waals surface area contributed by atoms with E-state index in [4.69, 9.17) is 10.7 Å². The van der Waals surface area contributed by atoms with Gasteiger partial charge in [-0.05, 0) is 41.8 Å². The van der Waals surface area contributed by atoms with Crippen LogP contribution in [0.1, 0.15) is 30.1 Å². The average Bonchev–Trinajstić information content (AvgIpc) is 2.91. The van der Waals surface area contributed by atoms with Crippen molar-refractivity contribution in [3.63, 3.8) is 0 Å². The number of hydrogen-bond donors (Lipinski definition) is 1. The van der Waals surface area contributed by atoms with Gasteiger partial charge >= 0.3 is 0 Å². The van der Waals surface area contributed by atoms with Gasteiger partial charge in [0.15, 0.2) is 5.82 Å². The largest absolute Gasteiger partial charge is 0.347 e. The van der Waals surface area contributed by atoms with Gasteiger partial charge in [-0.25, -0.2) is 17.2 Å². The lowest BCUT2D eigenvalue weighted by Crippen LogP contribution is -2.35. The molecule has 0 aliphatic heterocycles. The van der Waals surface area contributed by atoms with Crippen molar-refractivity contribution in [2.24, 2.45) is 0 Å². The minimum atomic E-state index is -4.46. The summed E-state index contributed by atoms with van der Waals surface area (Å²) >= 11 is 2.72. The molecule has 0 unspecified atom stereocenters. The molecule has 1 aromatic rings. The Hall–Kier alpha value is -0.730. The molecule has 9 heteroatoms. The molecule has 1 aromatic carbocycles. The number of amides is 1. The zero-order chi connectivity index (χ0) is 15.3. The van der Waals surface area contributed by atoms with E-state index in [0.29, 0.717) is 18.9 Å². The molecule has 1 fully saturated rings. The predicted molar refractivity (Wildman–Crippen MR) is 72.2 cm³/mol. The fraction of sp³-hybridized carbons (Fsp3) is 0.364. The second-order valence-electron chi connectivity index (χ2n) is 4.81. The van der Waals surface area contributed by atoms with E-state index in [1.165, 1.54) is 0 Å². The summed E-state index contributed by atoms with van der Waals surface area (Å²) in [6.07, 6.45) is 1.39. The Morgan fingerprint density at radius 2 is 2.00 bits per heavy atom. The SMILES string of the molecule is CC1(NC(=O)c2c(F)cc(Br)c(S(=O)(=O)Cl)c2F)CC1. The Kier molecular flexibility index (Phi) is 3.85. The first-order valence-corrected chi connectivity index (χ1v) is 8.60. The predicted octanol–water partition coefficient (Wildman–Crippen LogP) is 2.94. The molecule has 0 saturated heterocycles. The molecule has 4 nitrogen and oxygen atoms in total. The maximum absolute atomic E-state index is 14.1. The van der Waals surface area contributed by atoms with Crippen molar-refractivity contribution in [2.45, 2.75) is 30.2 Å². The van der Waals surface area contributed by atoms with Crippen molar-refractivity contribution in [2.75, 3.05) is 0 Å². The molecule has 1 aliphatic carbocycles. The molecule has 0 spiro atoms. The van der Waals surface area contributed by atoms with Crippen molar-refractivity contribution < 1.29 is 22.0 Å². The van der Waals surface area contributed by atoms with E-state index in [9.17, 15) is 22.0 Å². The Labute approximate surface area is 127 Å². The van der Waals surface area contributed by atoms with Crippen LogP contribution >= 0.6 is 26.6 Å². The van der Waals surface area contributed by atoms with Gasteiger partial charge in [-0.2, -0.15) is 0 Å². The molecule has 0 heterocycles. The summed E-state index contributed by atoms with van der Waals surface area (Å²) in [6.45, 7) is 1.72. The summed E-state index contributed by atoms with van der Waals surface area (Å²) in [5.41, 5.74) is -1.45. The zero-order valence-corrected chi connectivity index (χ0v) is 13.3. The topological polar surface area (TPSA) is 63.2 Å². The fourth-order valence-corrected chi connectivity index (χ4v) is 4.01. The summed E-state index contributed by atoms with van der Waals surface area (Å²) in [4.78, 5) is 10.9. The molecule has 0 bridgehead atoms. The van der Waals surface area contributed by atoms with E-state index in [1.54, 1.807) is 6.92 Å². The van der Waals surface area contributed by atoms with Crippen LogP contribution in [0.5, 0.6) is 0 Å². The van der Waals surface area contributed by atoms with Crippen LogP contribution in [0.3, 0.4) is 0 Å². The Morgan fingerprint density at radius 1 is 1.45 bits per heavy atom. The van der Waals surface area contributed by atoms with Crippen LogP contribution < -0.4 is 5.32 Å². The standard InChI is InChI=1S/C11H9BrClF2NO3S/c1-11(2-3-11)16-10(17)7-6(14)4-5(12)9(8(7)15)20(13,18)19/h4H,2-3H2,1H3,(H,16,17). The van der Waals surface area contributed by atoms with Crippen molar-refractivity contribution in [1.82, 2.24) is 5.32 Å². The maximum Gasteiger partial charge on any atom is 0.265 e. The van der Waals surface area contributed by atoms with Gasteiger partial charge in [0.1, 0.15) is 16.3 Å². The molecule has 0 atom stereocenters. The lowest BCUT2D eigenvalue weighted by molar-refractivity contribution is 0.0926. The Balaban J connectivity index is 2.56. The lowest BCUT2D eigenvalue weighted by atomic mass is 10.1. The van der Waals surface area contributed by atoms with Crippen LogP contribution in [0.2, 0.25) is 0 Å². The summed E-state index contributed by atoms with van der Waals surface area (Å²) in [6, 6.07) is 0.697. The minimum absolute atomic E-state index is 0.378. The van der Waals surface area contributed by atoms with Crippen LogP contribution in [-0.2, 0) is 9.05 Å². The van der Waals surface area contributed by atoms with Gasteiger partial charge in [-0.1, -0.05) is 0 Å². The molecule has 1 saturated carbocycles. The van der Waals surface area contributed by atoms with Crippen LogP contribution in [0.25, 0.3) is 0 Å². The molecule has 2 rings (SSSR count). The molecule has 1 aliphatic rings. The fourth-order valence-electron chi connectivity index (χ4n) is 1.65. The van der Waals surface area contributed by atoms with Gasteiger partial charge in [-0.15, -0.1) is 0 Å². The van der Waals surface area contributed by atoms with Crippen LogP contribution in [0.4, 0.5) is 8.78 Å². The molecule has 110 valence electrons. The number of rotatable bonds is 3. The second-order valence-corrected chi connectivity index (χ2v) is 8.17. The van der Waals surface area contributed by atoms with E-state index >= 15 is 0 Å². The molecule has 20 heavy (non-hydrogen) atoms. The summed E-state index contributed by atoms with van der Waals surface area (Å²) in [5.74, 6) is -3.68. The Bertz CT molecular complexity index is 704. The van der Waals surface area contributed by atoms with Crippen LogP contribution in [0.15, 0.2) is 15.4 Å². The van der Waals surface area contributed by atoms with Gasteiger partial charge < -0.3 is 5.32 Å². The van der Waals surface area contributed by atoms with Gasteiger partial charge in [0.05, 0.1) is 0 Å². The number of carbonyl (C=O) groups excluding carboxylic acids is 1. The normalized spacial score (nSPS) is 16.9. The molecular formula is C11H9BrClF2NO3S. The van der Waals surface area contributed by atoms with Crippen molar-refractivity contribution in [3.05, 3.63) is 27.7 Å². The number of benzene rings is 1. The first-order valence-electron chi connectivity index (χ1n) is 5.50. The third-order valence-corrected chi connectivity index (χ3v) is 5.25. The Morgan fingerprint density at radius 3 is 2.45 bits per heavy atom. The number of hydrogen-bond acceptors (Lipinski definition) is 3. The monoisotopic (exact) mass is 387 g/mol. The highest BCUT2D eigenvalue weighted by atomic mass is 79.9. The minimum Gasteiger partial charge on any atom is -0.347 e. The zero-order valence-electron chi connectivity index (χ0n) is 10.1. The highest BCUT2D eigenvalue weighted by molar-refractivity contribution is 9.10. The van der Waals surface area contributed by atoms with E-state index in [2.05, 4.69) is 21.2 Å². The van der Waals surface area contributed by atoms with Crippen molar-refractivity contribution in [1.29, 1.82) is 0 Å². The lowest BCUT2D eigenvalue weighted by Gasteiger charge is -2.14. The van der Waals surface area contributed by atoms with E-state index in [1.807, 2.05) is 0 Å². The highest BCUT2D eigenvalue weighted by Gasteiger charge is 2.40. The number of carbonyl (C=O) groups is 1.